The molecule has 6 heteroatoms. The third kappa shape index (κ3) is 3.84. The van der Waals surface area contributed by atoms with Crippen molar-refractivity contribution in [1.29, 1.82) is 0 Å². The summed E-state index contributed by atoms with van der Waals surface area (Å²) < 4.78 is 28.4. The van der Waals surface area contributed by atoms with E-state index in [0.29, 0.717) is 17.5 Å². The van der Waals surface area contributed by atoms with E-state index in [1.807, 2.05) is 25.5 Å². The van der Waals surface area contributed by atoms with Crippen LogP contribution >= 0.6 is 0 Å². The summed E-state index contributed by atoms with van der Waals surface area (Å²) in [6.45, 7) is 8.70. The average Bonchev–Trinajstić information content (AvgIpc) is 2.76. The SMILES string of the molecule is CCC(C)N(C)S(=O)(=O)c1cc(CNC(C)C)n(C)c1. The van der Waals surface area contributed by atoms with E-state index >= 15 is 0 Å². The van der Waals surface area contributed by atoms with Gasteiger partial charge in [-0.25, -0.2) is 8.42 Å². The lowest BCUT2D eigenvalue weighted by Gasteiger charge is -2.22. The van der Waals surface area contributed by atoms with Gasteiger partial charge in [0.05, 0.1) is 0 Å². The van der Waals surface area contributed by atoms with Crippen molar-refractivity contribution in [3.05, 3.63) is 18.0 Å². The zero-order valence-electron chi connectivity index (χ0n) is 13.3. The molecule has 0 aliphatic rings. The van der Waals surface area contributed by atoms with Crippen LogP contribution in [-0.2, 0) is 23.6 Å². The molecule has 1 aromatic rings. The fraction of sp³-hybridized carbons (Fsp3) is 0.714. The monoisotopic (exact) mass is 301 g/mol. The highest BCUT2D eigenvalue weighted by Gasteiger charge is 2.26. The first-order valence-electron chi connectivity index (χ1n) is 7.06. The van der Waals surface area contributed by atoms with E-state index in [4.69, 9.17) is 0 Å². The second-order valence-corrected chi connectivity index (χ2v) is 7.59. The quantitative estimate of drug-likeness (QED) is 0.837. The molecule has 20 heavy (non-hydrogen) atoms. The zero-order chi connectivity index (χ0) is 15.5. The van der Waals surface area contributed by atoms with Crippen LogP contribution in [0.5, 0.6) is 0 Å². The summed E-state index contributed by atoms with van der Waals surface area (Å²) in [5.41, 5.74) is 0.967. The van der Waals surface area contributed by atoms with Crippen molar-refractivity contribution < 1.29 is 8.42 Å². The average molecular weight is 301 g/mol. The van der Waals surface area contributed by atoms with E-state index in [9.17, 15) is 8.42 Å². The van der Waals surface area contributed by atoms with Crippen molar-refractivity contribution in [1.82, 2.24) is 14.2 Å². The molecule has 0 saturated carbocycles. The largest absolute Gasteiger partial charge is 0.352 e. The molecule has 1 unspecified atom stereocenters. The maximum Gasteiger partial charge on any atom is 0.244 e. The van der Waals surface area contributed by atoms with Gasteiger partial charge in [-0.1, -0.05) is 20.8 Å². The molecule has 116 valence electrons. The number of hydrogen-bond donors (Lipinski definition) is 1. The fourth-order valence-electron chi connectivity index (χ4n) is 1.86. The van der Waals surface area contributed by atoms with E-state index < -0.39 is 10.0 Å². The van der Waals surface area contributed by atoms with Crippen LogP contribution in [-0.4, -0.2) is 36.4 Å². The molecule has 0 saturated heterocycles. The van der Waals surface area contributed by atoms with Gasteiger partial charge >= 0.3 is 0 Å². The minimum absolute atomic E-state index is 0.00237. The summed E-state index contributed by atoms with van der Waals surface area (Å²) in [6, 6.07) is 2.12. The van der Waals surface area contributed by atoms with Crippen LogP contribution in [0.2, 0.25) is 0 Å². The predicted molar refractivity (Wildman–Crippen MR) is 82.1 cm³/mol. The maximum atomic E-state index is 12.5. The highest BCUT2D eigenvalue weighted by molar-refractivity contribution is 7.89. The second-order valence-electron chi connectivity index (χ2n) is 5.59. The lowest BCUT2D eigenvalue weighted by molar-refractivity contribution is 0.380. The Morgan fingerprint density at radius 3 is 2.45 bits per heavy atom. The van der Waals surface area contributed by atoms with E-state index in [2.05, 4.69) is 19.2 Å². The molecule has 1 atom stereocenters. The number of rotatable bonds is 7. The minimum Gasteiger partial charge on any atom is -0.352 e. The maximum absolute atomic E-state index is 12.5. The summed E-state index contributed by atoms with van der Waals surface area (Å²) >= 11 is 0. The summed E-state index contributed by atoms with van der Waals surface area (Å²) in [5, 5.41) is 3.30. The molecule has 0 aliphatic carbocycles. The van der Waals surface area contributed by atoms with Gasteiger partial charge in [-0.2, -0.15) is 4.31 Å². The van der Waals surface area contributed by atoms with Gasteiger partial charge in [-0.05, 0) is 19.4 Å². The van der Waals surface area contributed by atoms with Crippen LogP contribution in [0.3, 0.4) is 0 Å². The molecule has 1 N–H and O–H groups in total. The molecule has 0 fully saturated rings. The molecule has 0 amide bonds. The number of nitrogens with one attached hydrogen (secondary N) is 1. The molecule has 0 aromatic carbocycles. The lowest BCUT2D eigenvalue weighted by atomic mass is 10.3. The Labute approximate surface area is 123 Å². The molecular formula is C14H27N3O2S. The van der Waals surface area contributed by atoms with E-state index in [1.165, 1.54) is 4.31 Å². The molecule has 0 bridgehead atoms. The fourth-order valence-corrected chi connectivity index (χ4v) is 3.39. The molecular weight excluding hydrogens is 274 g/mol. The van der Waals surface area contributed by atoms with Crippen LogP contribution in [0.15, 0.2) is 17.2 Å². The normalized spacial score (nSPS) is 14.2. The van der Waals surface area contributed by atoms with Gasteiger partial charge in [-0.3, -0.25) is 0 Å². The number of sulfonamides is 1. The van der Waals surface area contributed by atoms with Crippen molar-refractivity contribution in [3.63, 3.8) is 0 Å². The number of aryl methyl sites for hydroxylation is 1. The molecule has 0 aliphatic heterocycles. The predicted octanol–water partition coefficient (Wildman–Crippen LogP) is 1.94. The Morgan fingerprint density at radius 2 is 1.95 bits per heavy atom. The third-order valence-corrected chi connectivity index (χ3v) is 5.60. The summed E-state index contributed by atoms with van der Waals surface area (Å²) in [6.07, 6.45) is 2.48. The van der Waals surface area contributed by atoms with Crippen LogP contribution in [0, 0.1) is 0 Å². The topological polar surface area (TPSA) is 54.3 Å². The van der Waals surface area contributed by atoms with E-state index in [0.717, 1.165) is 12.1 Å². The Morgan fingerprint density at radius 1 is 1.35 bits per heavy atom. The Bertz CT molecular complexity index is 535. The first kappa shape index (κ1) is 17.2. The van der Waals surface area contributed by atoms with Crippen molar-refractivity contribution >= 4 is 10.0 Å². The number of nitrogens with zero attached hydrogens (tertiary/aromatic N) is 2. The summed E-state index contributed by atoms with van der Waals surface area (Å²) in [5.74, 6) is 0. The molecule has 1 rings (SSSR count). The van der Waals surface area contributed by atoms with Crippen molar-refractivity contribution in [2.45, 2.75) is 57.6 Å². The van der Waals surface area contributed by atoms with Crippen molar-refractivity contribution in [3.8, 4) is 0 Å². The molecule has 0 spiro atoms. The van der Waals surface area contributed by atoms with Gasteiger partial charge in [-0.15, -0.1) is 0 Å². The highest BCUT2D eigenvalue weighted by atomic mass is 32.2. The van der Waals surface area contributed by atoms with Gasteiger partial charge in [0.25, 0.3) is 0 Å². The van der Waals surface area contributed by atoms with E-state index in [-0.39, 0.29) is 6.04 Å². The standard InChI is InChI=1S/C14H27N3O2S/c1-7-12(4)17(6)20(18,19)14-8-13(16(5)10-14)9-15-11(2)3/h8,10-12,15H,7,9H2,1-6H3. The Kier molecular flexibility index (Phi) is 5.79. The molecule has 0 radical (unpaired) electrons. The van der Waals surface area contributed by atoms with Gasteiger partial charge in [0.2, 0.25) is 10.0 Å². The zero-order valence-corrected chi connectivity index (χ0v) is 14.2. The molecule has 5 nitrogen and oxygen atoms in total. The highest BCUT2D eigenvalue weighted by Crippen LogP contribution is 2.20. The molecule has 1 heterocycles. The van der Waals surface area contributed by atoms with Crippen LogP contribution in [0.25, 0.3) is 0 Å². The van der Waals surface area contributed by atoms with Crippen LogP contribution < -0.4 is 5.32 Å². The van der Waals surface area contributed by atoms with Gasteiger partial charge in [0.15, 0.2) is 0 Å². The van der Waals surface area contributed by atoms with Crippen molar-refractivity contribution in [2.75, 3.05) is 7.05 Å². The van der Waals surface area contributed by atoms with Gasteiger partial charge < -0.3 is 9.88 Å². The molecule has 1 aromatic heterocycles. The van der Waals surface area contributed by atoms with Crippen LogP contribution in [0.1, 0.15) is 39.8 Å². The van der Waals surface area contributed by atoms with Gasteiger partial charge in [0.1, 0.15) is 4.90 Å². The third-order valence-electron chi connectivity index (χ3n) is 3.66. The Balaban J connectivity index is 3.00. The van der Waals surface area contributed by atoms with Crippen LogP contribution in [0.4, 0.5) is 0 Å². The second kappa shape index (κ2) is 6.74. The summed E-state index contributed by atoms with van der Waals surface area (Å²) in [4.78, 5) is 0.364. The van der Waals surface area contributed by atoms with Crippen molar-refractivity contribution in [2.24, 2.45) is 7.05 Å². The lowest BCUT2D eigenvalue weighted by Crippen LogP contribution is -2.34. The first-order valence-corrected chi connectivity index (χ1v) is 8.50. The Hall–Kier alpha value is -0.850. The first-order chi connectivity index (χ1) is 9.20. The minimum atomic E-state index is -3.41. The van der Waals surface area contributed by atoms with Gasteiger partial charge in [0, 0.05) is 44.6 Å². The number of hydrogen-bond acceptors (Lipinski definition) is 3. The number of aromatic nitrogens is 1. The smallest absolute Gasteiger partial charge is 0.244 e. The van der Waals surface area contributed by atoms with E-state index in [1.54, 1.807) is 19.3 Å². The summed E-state index contributed by atoms with van der Waals surface area (Å²) in [7, 11) is 0.110.